The van der Waals surface area contributed by atoms with E-state index in [0.29, 0.717) is 12.2 Å². The fraction of sp³-hybridized carbons (Fsp3) is 0.250. The number of halogens is 2. The van der Waals surface area contributed by atoms with Crippen molar-refractivity contribution in [1.82, 2.24) is 0 Å². The molecule has 0 aliphatic rings. The van der Waals surface area contributed by atoms with E-state index in [1.54, 1.807) is 25.1 Å². The van der Waals surface area contributed by atoms with Gasteiger partial charge in [-0.1, -0.05) is 35.9 Å². The van der Waals surface area contributed by atoms with Gasteiger partial charge in [-0.25, -0.2) is 4.39 Å². The van der Waals surface area contributed by atoms with Gasteiger partial charge < -0.3 is 4.74 Å². The van der Waals surface area contributed by atoms with Gasteiger partial charge in [0.15, 0.2) is 0 Å². The zero-order valence-corrected chi connectivity index (χ0v) is 9.63. The fourth-order valence-electron chi connectivity index (χ4n) is 1.15. The van der Waals surface area contributed by atoms with Crippen LogP contribution in [-0.2, 0) is 9.53 Å². The molecule has 1 aromatic rings. The molecular formula is C12H12ClFO2. The summed E-state index contributed by atoms with van der Waals surface area (Å²) in [5.74, 6) is -0.814. The normalized spacial score (nSPS) is 10.7. The minimum Gasteiger partial charge on any atom is -0.466 e. The SMILES string of the molecule is CCOC(=O)CC=Cc1cccc(Cl)c1F. The van der Waals surface area contributed by atoms with Crippen LogP contribution < -0.4 is 0 Å². The van der Waals surface area contributed by atoms with Gasteiger partial charge in [0.2, 0.25) is 0 Å². The van der Waals surface area contributed by atoms with E-state index in [1.165, 1.54) is 12.1 Å². The van der Waals surface area contributed by atoms with Crippen LogP contribution in [0, 0.1) is 5.82 Å². The van der Waals surface area contributed by atoms with Crippen LogP contribution in [0.3, 0.4) is 0 Å². The third kappa shape index (κ3) is 3.66. The third-order valence-electron chi connectivity index (χ3n) is 1.87. The van der Waals surface area contributed by atoms with Crippen molar-refractivity contribution in [3.63, 3.8) is 0 Å². The van der Waals surface area contributed by atoms with Gasteiger partial charge in [0.1, 0.15) is 5.82 Å². The van der Waals surface area contributed by atoms with Crippen molar-refractivity contribution in [3.05, 3.63) is 40.7 Å². The number of hydrogen-bond donors (Lipinski definition) is 0. The molecule has 2 nitrogen and oxygen atoms in total. The second-order valence-corrected chi connectivity index (χ2v) is 3.46. The summed E-state index contributed by atoms with van der Waals surface area (Å²) in [4.78, 5) is 11.0. The Kier molecular flexibility index (Phi) is 4.99. The Morgan fingerprint density at radius 3 is 3.00 bits per heavy atom. The Hall–Kier alpha value is -1.35. The van der Waals surface area contributed by atoms with Gasteiger partial charge in [0.25, 0.3) is 0 Å². The lowest BCUT2D eigenvalue weighted by Gasteiger charge is -1.99. The van der Waals surface area contributed by atoms with Crippen molar-refractivity contribution < 1.29 is 13.9 Å². The number of benzene rings is 1. The Morgan fingerprint density at radius 1 is 1.56 bits per heavy atom. The summed E-state index contributed by atoms with van der Waals surface area (Å²) in [5, 5.41) is 0.0679. The quantitative estimate of drug-likeness (QED) is 0.756. The Balaban J connectivity index is 2.63. The number of hydrogen-bond acceptors (Lipinski definition) is 2. The lowest BCUT2D eigenvalue weighted by Crippen LogP contribution is -2.01. The van der Waals surface area contributed by atoms with Crippen LogP contribution in [0.25, 0.3) is 6.08 Å². The highest BCUT2D eigenvalue weighted by Gasteiger charge is 2.03. The van der Waals surface area contributed by atoms with E-state index in [4.69, 9.17) is 16.3 Å². The highest BCUT2D eigenvalue weighted by atomic mass is 35.5. The molecule has 1 rings (SSSR count). The number of esters is 1. The van der Waals surface area contributed by atoms with Gasteiger partial charge in [-0.2, -0.15) is 0 Å². The molecule has 0 spiro atoms. The number of carbonyl (C=O) groups is 1. The van der Waals surface area contributed by atoms with Crippen molar-refractivity contribution in [2.75, 3.05) is 6.61 Å². The van der Waals surface area contributed by atoms with E-state index in [-0.39, 0.29) is 17.4 Å². The summed E-state index contributed by atoms with van der Waals surface area (Å²) in [6.45, 7) is 2.08. The first-order valence-corrected chi connectivity index (χ1v) is 5.29. The summed E-state index contributed by atoms with van der Waals surface area (Å²) in [6.07, 6.45) is 3.19. The molecule has 86 valence electrons. The van der Waals surface area contributed by atoms with Crippen molar-refractivity contribution in [1.29, 1.82) is 0 Å². The zero-order valence-electron chi connectivity index (χ0n) is 8.87. The second-order valence-electron chi connectivity index (χ2n) is 3.05. The summed E-state index contributed by atoms with van der Waals surface area (Å²) < 4.78 is 18.1. The Bertz CT molecular complexity index is 402. The summed E-state index contributed by atoms with van der Waals surface area (Å²) in [7, 11) is 0. The highest BCUT2D eigenvalue weighted by Crippen LogP contribution is 2.18. The number of ether oxygens (including phenoxy) is 1. The first-order chi connectivity index (χ1) is 7.65. The topological polar surface area (TPSA) is 26.3 Å². The molecule has 4 heteroatoms. The molecule has 0 aliphatic carbocycles. The monoisotopic (exact) mass is 242 g/mol. The molecule has 0 saturated carbocycles. The minimum atomic E-state index is -0.482. The molecule has 16 heavy (non-hydrogen) atoms. The molecule has 0 atom stereocenters. The van der Waals surface area contributed by atoms with Gasteiger partial charge in [0, 0.05) is 5.56 Å². The molecule has 0 amide bonds. The highest BCUT2D eigenvalue weighted by molar-refractivity contribution is 6.30. The molecule has 0 unspecified atom stereocenters. The van der Waals surface area contributed by atoms with Gasteiger partial charge in [0.05, 0.1) is 18.1 Å². The van der Waals surface area contributed by atoms with Crippen LogP contribution in [-0.4, -0.2) is 12.6 Å². The zero-order chi connectivity index (χ0) is 12.0. The molecule has 1 aromatic carbocycles. The maximum Gasteiger partial charge on any atom is 0.309 e. The van der Waals surface area contributed by atoms with Crippen molar-refractivity contribution in [3.8, 4) is 0 Å². The lowest BCUT2D eigenvalue weighted by atomic mass is 10.2. The molecule has 0 aromatic heterocycles. The summed E-state index contributed by atoms with van der Waals surface area (Å²) >= 11 is 5.60. The summed E-state index contributed by atoms with van der Waals surface area (Å²) in [6, 6.07) is 4.71. The van der Waals surface area contributed by atoms with Gasteiger partial charge in [-0.3, -0.25) is 4.79 Å². The smallest absolute Gasteiger partial charge is 0.309 e. The van der Waals surface area contributed by atoms with Crippen molar-refractivity contribution in [2.24, 2.45) is 0 Å². The van der Waals surface area contributed by atoms with Crippen molar-refractivity contribution >= 4 is 23.6 Å². The molecule has 0 aliphatic heterocycles. The molecule has 0 saturated heterocycles. The standard InChI is InChI=1S/C12H12ClFO2/c1-2-16-11(15)8-4-6-9-5-3-7-10(13)12(9)14/h3-7H,2,8H2,1H3. The number of rotatable bonds is 4. The fourth-order valence-corrected chi connectivity index (χ4v) is 1.33. The van der Waals surface area contributed by atoms with Crippen molar-refractivity contribution in [2.45, 2.75) is 13.3 Å². The molecule has 0 bridgehead atoms. The van der Waals surface area contributed by atoms with E-state index in [0.717, 1.165) is 0 Å². The average molecular weight is 243 g/mol. The van der Waals surface area contributed by atoms with E-state index < -0.39 is 5.82 Å². The minimum absolute atomic E-state index is 0.0679. The van der Waals surface area contributed by atoms with E-state index in [9.17, 15) is 9.18 Å². The van der Waals surface area contributed by atoms with Crippen LogP contribution in [0.15, 0.2) is 24.3 Å². The molecule has 0 heterocycles. The maximum atomic E-state index is 13.4. The summed E-state index contributed by atoms with van der Waals surface area (Å²) in [5.41, 5.74) is 0.358. The Labute approximate surface area is 98.7 Å². The van der Waals surface area contributed by atoms with Crippen LogP contribution in [0.1, 0.15) is 18.9 Å². The van der Waals surface area contributed by atoms with E-state index in [2.05, 4.69) is 0 Å². The van der Waals surface area contributed by atoms with Crippen LogP contribution in [0.5, 0.6) is 0 Å². The van der Waals surface area contributed by atoms with Crippen LogP contribution in [0.2, 0.25) is 5.02 Å². The lowest BCUT2D eigenvalue weighted by molar-refractivity contribution is -0.142. The predicted molar refractivity (Wildman–Crippen MR) is 61.7 cm³/mol. The molecular weight excluding hydrogens is 231 g/mol. The first kappa shape index (κ1) is 12.7. The molecule has 0 radical (unpaired) electrons. The molecule has 0 fully saturated rings. The van der Waals surface area contributed by atoms with Crippen LogP contribution >= 0.6 is 11.6 Å². The second kappa shape index (κ2) is 6.28. The van der Waals surface area contributed by atoms with E-state index >= 15 is 0 Å². The van der Waals surface area contributed by atoms with Gasteiger partial charge in [-0.15, -0.1) is 0 Å². The van der Waals surface area contributed by atoms with Gasteiger partial charge in [-0.05, 0) is 13.0 Å². The largest absolute Gasteiger partial charge is 0.466 e. The predicted octanol–water partition coefficient (Wildman–Crippen LogP) is 3.45. The average Bonchev–Trinajstić information content (AvgIpc) is 2.25. The molecule has 0 N–H and O–H groups in total. The van der Waals surface area contributed by atoms with Crippen LogP contribution in [0.4, 0.5) is 4.39 Å². The number of carbonyl (C=O) groups excluding carboxylic acids is 1. The third-order valence-corrected chi connectivity index (χ3v) is 2.16. The Morgan fingerprint density at radius 2 is 2.31 bits per heavy atom. The first-order valence-electron chi connectivity index (χ1n) is 4.91. The van der Waals surface area contributed by atoms with Gasteiger partial charge >= 0.3 is 5.97 Å². The van der Waals surface area contributed by atoms with E-state index in [1.807, 2.05) is 0 Å². The maximum absolute atomic E-state index is 13.4.